The summed E-state index contributed by atoms with van der Waals surface area (Å²) < 4.78 is 22.6. The molecular weight excluding hydrogens is 404 g/mol. The van der Waals surface area contributed by atoms with Crippen molar-refractivity contribution in [2.24, 2.45) is 0 Å². The largest absolute Gasteiger partial charge is 0.453 e. The molecule has 2 N–H and O–H groups in total. The highest BCUT2D eigenvalue weighted by molar-refractivity contribution is 5.90. The minimum Gasteiger partial charge on any atom is -0.453 e. The second-order valence-corrected chi connectivity index (χ2v) is 8.02. The zero-order valence-corrected chi connectivity index (χ0v) is 17.1. The zero-order valence-electron chi connectivity index (χ0n) is 17.1. The summed E-state index contributed by atoms with van der Waals surface area (Å²) in [7, 11) is 0. The lowest BCUT2D eigenvalue weighted by molar-refractivity contribution is -0.193. The number of carbonyl (C=O) groups is 2. The van der Waals surface area contributed by atoms with E-state index in [0.29, 0.717) is 0 Å². The summed E-state index contributed by atoms with van der Waals surface area (Å²) in [5.74, 6) is -2.50. The van der Waals surface area contributed by atoms with Crippen LogP contribution in [0.15, 0.2) is 60.7 Å². The molecule has 2 aromatic rings. The van der Waals surface area contributed by atoms with Crippen LogP contribution in [0.1, 0.15) is 34.6 Å². The van der Waals surface area contributed by atoms with Crippen LogP contribution in [0.2, 0.25) is 0 Å². The molecule has 0 radical (unpaired) electrons. The SMILES string of the molecule is CC1(C)O[C@H]2[C@H](O1)[C@H](O)[C@H](OC(=O)c1ccccc1)[C@@H](O)[C@@H]2OC(=O)c1ccccc1. The minimum atomic E-state index is -1.53. The highest BCUT2D eigenvalue weighted by Gasteiger charge is 2.60. The van der Waals surface area contributed by atoms with Crippen molar-refractivity contribution in [1.29, 1.82) is 0 Å². The summed E-state index contributed by atoms with van der Waals surface area (Å²) in [5.41, 5.74) is 0.541. The standard InChI is InChI=1S/C23H24O8/c1-23(2)30-19-16(25)17(28-21(26)13-9-5-3-6-10-13)15(24)18(20(19)31-23)29-22(27)14-11-7-4-8-12-14/h3-12,15-20,24-25H,1-2H3/t15-,16-,17-,18+,19-,20-/m1/s1. The maximum absolute atomic E-state index is 12.6. The van der Waals surface area contributed by atoms with Crippen molar-refractivity contribution < 1.29 is 38.7 Å². The van der Waals surface area contributed by atoms with Crippen LogP contribution in [0.4, 0.5) is 0 Å². The van der Waals surface area contributed by atoms with Crippen LogP contribution in [0.5, 0.6) is 0 Å². The Bertz CT molecular complexity index is 929. The van der Waals surface area contributed by atoms with E-state index in [1.54, 1.807) is 74.5 Å². The molecule has 6 atom stereocenters. The van der Waals surface area contributed by atoms with Gasteiger partial charge >= 0.3 is 11.9 Å². The number of fused-ring (bicyclic) bond motifs is 1. The quantitative estimate of drug-likeness (QED) is 0.708. The molecule has 1 aliphatic heterocycles. The second kappa shape index (κ2) is 8.39. The molecule has 0 bridgehead atoms. The molecule has 2 fully saturated rings. The van der Waals surface area contributed by atoms with Crippen molar-refractivity contribution in [3.63, 3.8) is 0 Å². The molecule has 2 aliphatic rings. The molecule has 8 heteroatoms. The zero-order chi connectivity index (χ0) is 22.2. The average molecular weight is 428 g/mol. The molecule has 4 rings (SSSR count). The molecule has 1 aliphatic carbocycles. The van der Waals surface area contributed by atoms with Crippen molar-refractivity contribution in [1.82, 2.24) is 0 Å². The first-order valence-corrected chi connectivity index (χ1v) is 10.0. The summed E-state index contributed by atoms with van der Waals surface area (Å²) in [4.78, 5) is 25.2. The number of ether oxygens (including phenoxy) is 4. The molecule has 1 saturated carbocycles. The number of esters is 2. The van der Waals surface area contributed by atoms with Gasteiger partial charge in [-0.1, -0.05) is 36.4 Å². The van der Waals surface area contributed by atoms with Crippen molar-refractivity contribution in [3.05, 3.63) is 71.8 Å². The summed E-state index contributed by atoms with van der Waals surface area (Å²) in [6.07, 6.45) is -7.45. The Morgan fingerprint density at radius 1 is 0.742 bits per heavy atom. The third-order valence-electron chi connectivity index (χ3n) is 5.34. The maximum Gasteiger partial charge on any atom is 0.338 e. The maximum atomic E-state index is 12.6. The third-order valence-corrected chi connectivity index (χ3v) is 5.34. The van der Waals surface area contributed by atoms with Crippen molar-refractivity contribution in [3.8, 4) is 0 Å². The monoisotopic (exact) mass is 428 g/mol. The van der Waals surface area contributed by atoms with E-state index in [0.717, 1.165) is 0 Å². The highest BCUT2D eigenvalue weighted by Crippen LogP contribution is 2.40. The van der Waals surface area contributed by atoms with Gasteiger partial charge in [-0.05, 0) is 38.1 Å². The van der Waals surface area contributed by atoms with Gasteiger partial charge in [-0.2, -0.15) is 0 Å². The van der Waals surface area contributed by atoms with E-state index in [-0.39, 0.29) is 11.1 Å². The normalized spacial score (nSPS) is 31.5. The first-order chi connectivity index (χ1) is 14.8. The highest BCUT2D eigenvalue weighted by atomic mass is 16.8. The Hall–Kier alpha value is -2.78. The smallest absolute Gasteiger partial charge is 0.338 e. The molecule has 1 saturated heterocycles. The molecule has 0 amide bonds. The van der Waals surface area contributed by atoms with Crippen LogP contribution in [0.25, 0.3) is 0 Å². The van der Waals surface area contributed by atoms with Gasteiger partial charge in [0.25, 0.3) is 0 Å². The van der Waals surface area contributed by atoms with Gasteiger partial charge in [-0.15, -0.1) is 0 Å². The van der Waals surface area contributed by atoms with E-state index >= 15 is 0 Å². The Morgan fingerprint density at radius 2 is 1.19 bits per heavy atom. The van der Waals surface area contributed by atoms with Crippen LogP contribution in [-0.4, -0.2) is 64.6 Å². The average Bonchev–Trinajstić information content (AvgIpc) is 3.10. The number of rotatable bonds is 4. The molecule has 8 nitrogen and oxygen atoms in total. The van der Waals surface area contributed by atoms with Crippen molar-refractivity contribution in [2.75, 3.05) is 0 Å². The number of benzene rings is 2. The lowest BCUT2D eigenvalue weighted by Gasteiger charge is -2.42. The van der Waals surface area contributed by atoms with Crippen LogP contribution in [0.3, 0.4) is 0 Å². The number of hydrogen-bond acceptors (Lipinski definition) is 8. The molecule has 0 unspecified atom stereocenters. The van der Waals surface area contributed by atoms with Crippen LogP contribution in [0, 0.1) is 0 Å². The first kappa shape index (κ1) is 21.5. The second-order valence-electron chi connectivity index (χ2n) is 8.02. The molecule has 31 heavy (non-hydrogen) atoms. The van der Waals surface area contributed by atoms with E-state index in [9.17, 15) is 19.8 Å². The van der Waals surface area contributed by atoms with Gasteiger partial charge in [0.15, 0.2) is 18.0 Å². The van der Waals surface area contributed by atoms with E-state index < -0.39 is 54.3 Å². The molecule has 0 spiro atoms. The summed E-state index contributed by atoms with van der Waals surface area (Å²) in [6, 6.07) is 16.5. The minimum absolute atomic E-state index is 0.255. The first-order valence-electron chi connectivity index (χ1n) is 10.0. The van der Waals surface area contributed by atoms with Gasteiger partial charge in [0.05, 0.1) is 11.1 Å². The number of carbonyl (C=O) groups excluding carboxylic acids is 2. The van der Waals surface area contributed by atoms with Crippen molar-refractivity contribution >= 4 is 11.9 Å². The van der Waals surface area contributed by atoms with Gasteiger partial charge < -0.3 is 29.2 Å². The fraction of sp³-hybridized carbons (Fsp3) is 0.391. The molecular formula is C23H24O8. The van der Waals surface area contributed by atoms with E-state index in [1.165, 1.54) is 0 Å². The van der Waals surface area contributed by atoms with Crippen molar-refractivity contribution in [2.45, 2.75) is 56.3 Å². The topological polar surface area (TPSA) is 112 Å². The van der Waals surface area contributed by atoms with Crippen LogP contribution < -0.4 is 0 Å². The fourth-order valence-electron chi connectivity index (χ4n) is 3.91. The van der Waals surface area contributed by atoms with E-state index in [2.05, 4.69) is 0 Å². The lowest BCUT2D eigenvalue weighted by Crippen LogP contribution is -2.64. The molecule has 2 aromatic carbocycles. The Labute approximate surface area is 179 Å². The molecule has 164 valence electrons. The molecule has 1 heterocycles. The van der Waals surface area contributed by atoms with Gasteiger partial charge in [0, 0.05) is 0 Å². The van der Waals surface area contributed by atoms with Gasteiger partial charge in [0.2, 0.25) is 0 Å². The Kier molecular flexibility index (Phi) is 5.81. The van der Waals surface area contributed by atoms with Crippen LogP contribution >= 0.6 is 0 Å². The fourth-order valence-corrected chi connectivity index (χ4v) is 3.91. The van der Waals surface area contributed by atoms with Gasteiger partial charge in [-0.25, -0.2) is 9.59 Å². The summed E-state index contributed by atoms with van der Waals surface area (Å²) >= 11 is 0. The van der Waals surface area contributed by atoms with E-state index in [4.69, 9.17) is 18.9 Å². The number of aliphatic hydroxyl groups excluding tert-OH is 2. The molecule has 0 aromatic heterocycles. The predicted octanol–water partition coefficient (Wildman–Crippen LogP) is 1.69. The van der Waals surface area contributed by atoms with Gasteiger partial charge in [0.1, 0.15) is 24.4 Å². The number of aliphatic hydroxyl groups is 2. The van der Waals surface area contributed by atoms with Gasteiger partial charge in [-0.3, -0.25) is 0 Å². The Morgan fingerprint density at radius 3 is 1.71 bits per heavy atom. The predicted molar refractivity (Wildman–Crippen MR) is 107 cm³/mol. The number of hydrogen-bond donors (Lipinski definition) is 2. The summed E-state index contributed by atoms with van der Waals surface area (Å²) in [5, 5.41) is 21.8. The van der Waals surface area contributed by atoms with Crippen LogP contribution in [-0.2, 0) is 18.9 Å². The van der Waals surface area contributed by atoms with E-state index in [1.807, 2.05) is 0 Å². The lowest BCUT2D eigenvalue weighted by atomic mass is 9.84. The third kappa shape index (κ3) is 4.33. The summed E-state index contributed by atoms with van der Waals surface area (Å²) in [6.45, 7) is 3.29. The Balaban J connectivity index is 1.59.